The zero-order valence-corrected chi connectivity index (χ0v) is 33.5. The third-order valence-electron chi connectivity index (χ3n) is 12.6. The zero-order valence-electron chi connectivity index (χ0n) is 33.5. The molecular weight excluding hydrogens is 805 g/mol. The van der Waals surface area contributed by atoms with Crippen LogP contribution in [-0.4, -0.2) is 109 Å². The van der Waals surface area contributed by atoms with E-state index in [1.54, 1.807) is 42.5 Å². The highest BCUT2D eigenvalue weighted by atomic mass is 16.7. The Morgan fingerprint density at radius 3 is 2.58 bits per heavy atom. The monoisotopic (exact) mass is 851 g/mol. The van der Waals surface area contributed by atoms with Crippen LogP contribution in [0.3, 0.4) is 0 Å². The topological polar surface area (TPSA) is 268 Å². The second kappa shape index (κ2) is 16.2. The van der Waals surface area contributed by atoms with E-state index in [1.165, 1.54) is 18.5 Å². The number of phenols is 2. The van der Waals surface area contributed by atoms with Crippen molar-refractivity contribution in [1.82, 2.24) is 0 Å². The summed E-state index contributed by atoms with van der Waals surface area (Å²) in [5.41, 5.74) is -0.630. The number of carboxylic acids is 1. The lowest BCUT2D eigenvalue weighted by Crippen LogP contribution is -2.69. The Labute approximate surface area is 355 Å². The van der Waals surface area contributed by atoms with Crippen molar-refractivity contribution in [2.45, 2.75) is 93.3 Å². The standard InChI is InChI=1S/C45H46N4O13/c46-35-14-11-25(49-35)15-17-58-27-12-9-23(10-13-27)32-18-31(51)36-33(59-32)19-34(60-43-38(53)40(54)44(57,41(61-43)42(55)56)20-26-21-47-22-48-26)39(37(36)52)62-45-16-3-5-24(45)4-1-6-28-29(45)7-2-8-30(28)50/h2,7-14,18-19,22,24,32,38,40-41,43,46,50-54,57H,1,3-6,15-17,20-21H2,(H,55,56)/p+1. The number of aromatic hydroxyl groups is 2. The Morgan fingerprint density at radius 2 is 1.84 bits per heavy atom. The number of nitrogens with zero attached hydrogens (tertiary/aromatic N) is 3. The van der Waals surface area contributed by atoms with Gasteiger partial charge in [0.1, 0.15) is 64.4 Å². The van der Waals surface area contributed by atoms with Gasteiger partial charge in [0.15, 0.2) is 23.3 Å². The average Bonchev–Trinajstić information content (AvgIpc) is 4.00. The van der Waals surface area contributed by atoms with E-state index in [4.69, 9.17) is 29.1 Å². The molecule has 0 bridgehead atoms. The van der Waals surface area contributed by atoms with Crippen LogP contribution >= 0.6 is 0 Å². The van der Waals surface area contributed by atoms with E-state index < -0.39 is 60.0 Å². The van der Waals surface area contributed by atoms with Gasteiger partial charge in [0.05, 0.1) is 13.2 Å². The second-order valence-electron chi connectivity index (χ2n) is 16.4. The molecule has 324 valence electrons. The number of aliphatic hydroxyl groups is 4. The van der Waals surface area contributed by atoms with Crippen molar-refractivity contribution in [3.63, 3.8) is 0 Å². The van der Waals surface area contributed by atoms with Gasteiger partial charge in [-0.05, 0) is 73.4 Å². The number of amidine groups is 1. The molecule has 1 saturated heterocycles. The van der Waals surface area contributed by atoms with E-state index in [2.05, 4.69) is 15.0 Å². The summed E-state index contributed by atoms with van der Waals surface area (Å²) >= 11 is 0. The first kappa shape index (κ1) is 41.1. The van der Waals surface area contributed by atoms with E-state index >= 15 is 0 Å². The Morgan fingerprint density at radius 1 is 1.03 bits per heavy atom. The van der Waals surface area contributed by atoms with Gasteiger partial charge in [-0.15, -0.1) is 0 Å². The lowest BCUT2D eigenvalue weighted by Gasteiger charge is -2.46. The number of aliphatic carboxylic acids is 1. The highest BCUT2D eigenvalue weighted by Gasteiger charge is 2.59. The minimum Gasteiger partial charge on any atom is -0.508 e. The molecule has 1 saturated carbocycles. The number of phenolic OH excluding ortho intramolecular Hbond substituents is 2. The maximum atomic E-state index is 12.7. The molecule has 0 amide bonds. The maximum absolute atomic E-state index is 12.7. The van der Waals surface area contributed by atoms with Crippen LogP contribution < -0.4 is 24.4 Å². The first-order chi connectivity index (χ1) is 29.8. The highest BCUT2D eigenvalue weighted by Crippen LogP contribution is 2.58. The Balaban J connectivity index is 1.07. The number of fused-ring (bicyclic) bond motifs is 4. The SMILES string of the molecule is [NH2+]=C1C=CC(CCOc2ccc(C3C=C(O)c4c(cc(OC5OC(C(=O)O)C(O)(CC6=NC=NC6)C(O)C5O)c(OC56CCCC5CCCc5c(O)cccc56)c4O)O3)cc2)=N1. The molecule has 2 fully saturated rings. The molecule has 3 aromatic carbocycles. The molecule has 0 radical (unpaired) electrons. The highest BCUT2D eigenvalue weighted by molar-refractivity contribution is 6.13. The van der Waals surface area contributed by atoms with Gasteiger partial charge >= 0.3 is 11.8 Å². The Bertz CT molecular complexity index is 2450. The molecule has 3 aromatic rings. The zero-order chi connectivity index (χ0) is 43.3. The van der Waals surface area contributed by atoms with Crippen LogP contribution in [0.1, 0.15) is 73.3 Å². The van der Waals surface area contributed by atoms with Crippen molar-refractivity contribution in [3.05, 3.63) is 89.0 Å². The minimum atomic E-state index is -2.54. The molecule has 9 N–H and O–H groups in total. The number of hydrogen-bond donors (Lipinski definition) is 8. The summed E-state index contributed by atoms with van der Waals surface area (Å²) in [4.78, 5) is 24.9. The molecule has 4 aliphatic heterocycles. The number of rotatable bonds is 12. The summed E-state index contributed by atoms with van der Waals surface area (Å²) in [5.74, 6) is -2.15. The molecule has 62 heavy (non-hydrogen) atoms. The first-order valence-electron chi connectivity index (χ1n) is 20.6. The van der Waals surface area contributed by atoms with E-state index in [0.29, 0.717) is 48.6 Å². The fourth-order valence-corrected chi connectivity index (χ4v) is 9.55. The van der Waals surface area contributed by atoms with Crippen molar-refractivity contribution >= 4 is 35.3 Å². The number of carboxylic acid groups (broad SMARTS) is 1. The number of benzene rings is 3. The van der Waals surface area contributed by atoms with Gasteiger partial charge in [0, 0.05) is 53.8 Å². The smallest absolute Gasteiger partial charge is 0.336 e. The van der Waals surface area contributed by atoms with Gasteiger partial charge < -0.3 is 59.4 Å². The third kappa shape index (κ3) is 7.33. The molecule has 0 aromatic heterocycles. The van der Waals surface area contributed by atoms with Gasteiger partial charge in [-0.2, -0.15) is 0 Å². The number of allylic oxidation sites excluding steroid dienone is 1. The molecule has 8 unspecified atom stereocenters. The lowest BCUT2D eigenvalue weighted by molar-refractivity contribution is -0.303. The minimum absolute atomic E-state index is 0.0557. The second-order valence-corrected chi connectivity index (χ2v) is 16.4. The molecule has 2 aliphatic carbocycles. The molecule has 17 heteroatoms. The molecule has 8 atom stereocenters. The number of nitrogens with two attached hydrogens (primary N) is 1. The van der Waals surface area contributed by atoms with Crippen molar-refractivity contribution in [1.29, 1.82) is 0 Å². The Kier molecular flexibility index (Phi) is 10.7. The van der Waals surface area contributed by atoms with Gasteiger partial charge in [0.25, 0.3) is 0 Å². The van der Waals surface area contributed by atoms with Crippen molar-refractivity contribution in [3.8, 4) is 34.5 Å². The maximum Gasteiger partial charge on any atom is 0.336 e. The van der Waals surface area contributed by atoms with Crippen LogP contribution in [-0.2, 0) is 21.6 Å². The van der Waals surface area contributed by atoms with Crippen LogP contribution in [0.15, 0.2) is 81.7 Å². The van der Waals surface area contributed by atoms with Crippen LogP contribution in [0.5, 0.6) is 34.5 Å². The third-order valence-corrected chi connectivity index (χ3v) is 12.6. The largest absolute Gasteiger partial charge is 0.508 e. The lowest BCUT2D eigenvalue weighted by atomic mass is 9.80. The number of ether oxygens (including phenoxy) is 5. The van der Waals surface area contributed by atoms with Gasteiger partial charge in [-0.1, -0.05) is 24.3 Å². The van der Waals surface area contributed by atoms with E-state index in [9.17, 15) is 40.5 Å². The Hall–Kier alpha value is -6.27. The van der Waals surface area contributed by atoms with Crippen LogP contribution in [0.2, 0.25) is 0 Å². The van der Waals surface area contributed by atoms with Crippen molar-refractivity contribution < 1.29 is 69.6 Å². The van der Waals surface area contributed by atoms with Crippen molar-refractivity contribution in [2.24, 2.45) is 20.9 Å². The summed E-state index contributed by atoms with van der Waals surface area (Å²) in [6, 6.07) is 13.6. The fourth-order valence-electron chi connectivity index (χ4n) is 9.55. The van der Waals surface area contributed by atoms with Gasteiger partial charge in [-0.25, -0.2) is 9.79 Å². The van der Waals surface area contributed by atoms with Crippen LogP contribution in [0.4, 0.5) is 0 Å². The molecule has 17 nitrogen and oxygen atoms in total. The first-order valence-corrected chi connectivity index (χ1v) is 20.6. The number of hydrogen-bond acceptors (Lipinski definition) is 14. The van der Waals surface area contributed by atoms with Crippen LogP contribution in [0, 0.1) is 5.92 Å². The number of aliphatic hydroxyl groups excluding tert-OH is 3. The van der Waals surface area contributed by atoms with E-state index in [1.807, 2.05) is 12.1 Å². The van der Waals surface area contributed by atoms with Gasteiger partial charge in [0.2, 0.25) is 12.0 Å². The molecule has 0 spiro atoms. The predicted molar refractivity (Wildman–Crippen MR) is 222 cm³/mol. The summed E-state index contributed by atoms with van der Waals surface area (Å²) in [5, 5.41) is 85.3. The molecular formula is C45H47N4O13+. The van der Waals surface area contributed by atoms with Crippen molar-refractivity contribution in [2.75, 3.05) is 13.2 Å². The summed E-state index contributed by atoms with van der Waals surface area (Å²) in [7, 11) is 0. The summed E-state index contributed by atoms with van der Waals surface area (Å²) in [6.45, 7) is 0.415. The fraction of sp³-hybridized carbons (Fsp3) is 0.400. The molecule has 6 aliphatic rings. The average molecular weight is 852 g/mol. The quantitative estimate of drug-likeness (QED) is 0.130. The van der Waals surface area contributed by atoms with Crippen LogP contribution in [0.25, 0.3) is 5.76 Å². The predicted octanol–water partition coefficient (Wildman–Crippen LogP) is 2.99. The summed E-state index contributed by atoms with van der Waals surface area (Å²) < 4.78 is 31.3. The normalized spacial score (nSPS) is 29.7. The molecule has 4 heterocycles. The summed E-state index contributed by atoms with van der Waals surface area (Å²) in [6.07, 6.45) is 1.32. The number of aliphatic imine (C=N–C) groups is 3. The van der Waals surface area contributed by atoms with Gasteiger partial charge in [-0.3, -0.25) is 10.4 Å². The van der Waals surface area contributed by atoms with E-state index in [0.717, 1.165) is 37.0 Å². The number of carbonyl (C=O) groups is 1. The van der Waals surface area contributed by atoms with E-state index in [-0.39, 0.29) is 52.5 Å². The molecule has 9 rings (SSSR count).